The van der Waals surface area contributed by atoms with Gasteiger partial charge in [0.05, 0.1) is 20.2 Å². The first-order chi connectivity index (χ1) is 14.9. The van der Waals surface area contributed by atoms with Gasteiger partial charge in [0.2, 0.25) is 5.91 Å². The zero-order chi connectivity index (χ0) is 22.4. The average molecular weight is 469 g/mol. The largest absolute Gasteiger partial charge is 0.405 e. The summed E-state index contributed by atoms with van der Waals surface area (Å²) in [6.07, 6.45) is 6.17. The highest BCUT2D eigenvalue weighted by Crippen LogP contribution is 2.46. The fraction of sp³-hybridized carbons (Fsp3) is 0.0476. The Morgan fingerprint density at radius 2 is 2.16 bits per heavy atom. The number of halogens is 1. The third-order valence-electron chi connectivity index (χ3n) is 3.85. The van der Waals surface area contributed by atoms with E-state index in [1.165, 1.54) is 42.5 Å². The highest BCUT2D eigenvalue weighted by Gasteiger charge is 2.23. The van der Waals surface area contributed by atoms with Crippen molar-refractivity contribution in [3.63, 3.8) is 0 Å². The van der Waals surface area contributed by atoms with E-state index in [0.29, 0.717) is 32.6 Å². The van der Waals surface area contributed by atoms with Crippen LogP contribution in [0.3, 0.4) is 0 Å². The topological polar surface area (TPSA) is 120 Å². The molecule has 0 radical (unpaired) electrons. The molecule has 2 aromatic heterocycles. The monoisotopic (exact) mass is 468 g/mol. The molecule has 0 saturated heterocycles. The van der Waals surface area contributed by atoms with Crippen molar-refractivity contribution < 1.29 is 4.79 Å². The number of benzene rings is 1. The number of carbonyl (C=O) groups excluding carboxylic acids is 1. The van der Waals surface area contributed by atoms with Crippen LogP contribution in [0, 0.1) is 11.3 Å². The number of nitrogens with one attached hydrogen (secondary N) is 2. The maximum absolute atomic E-state index is 11.4. The predicted molar refractivity (Wildman–Crippen MR) is 124 cm³/mol. The van der Waals surface area contributed by atoms with E-state index < -0.39 is 0 Å². The maximum Gasteiger partial charge on any atom is 0.221 e. The quantitative estimate of drug-likeness (QED) is 0.431. The molecule has 0 aliphatic carbocycles. The number of nitrogens with zero attached hydrogens (tertiary/aromatic N) is 3. The summed E-state index contributed by atoms with van der Waals surface area (Å²) in [5, 5.41) is 21.3. The first kappa shape index (κ1) is 22.4. The van der Waals surface area contributed by atoms with Gasteiger partial charge in [-0.25, -0.2) is 0 Å². The van der Waals surface area contributed by atoms with Crippen LogP contribution >= 0.6 is 34.7 Å². The Morgan fingerprint density at radius 1 is 1.42 bits per heavy atom. The molecule has 156 valence electrons. The van der Waals surface area contributed by atoms with E-state index in [1.54, 1.807) is 24.3 Å². The number of hydrogen-bond acceptors (Lipinski definition) is 7. The van der Waals surface area contributed by atoms with Crippen LogP contribution in [0.25, 0.3) is 16.3 Å². The van der Waals surface area contributed by atoms with Crippen LogP contribution in [-0.2, 0) is 4.79 Å². The molecule has 10 heteroatoms. The number of nitriles is 1. The third-order valence-corrected chi connectivity index (χ3v) is 6.59. The molecular weight excluding hydrogens is 452 g/mol. The van der Waals surface area contributed by atoms with E-state index >= 15 is 0 Å². The van der Waals surface area contributed by atoms with E-state index in [2.05, 4.69) is 33.1 Å². The average Bonchev–Trinajstić information content (AvgIpc) is 3.36. The van der Waals surface area contributed by atoms with Gasteiger partial charge < -0.3 is 16.0 Å². The Morgan fingerprint density at radius 3 is 2.74 bits per heavy atom. The van der Waals surface area contributed by atoms with Crippen molar-refractivity contribution in [3.05, 3.63) is 76.7 Å². The van der Waals surface area contributed by atoms with Crippen LogP contribution in [0.4, 0.5) is 0 Å². The van der Waals surface area contributed by atoms with Gasteiger partial charge in [-0.1, -0.05) is 29.9 Å². The number of aromatic nitrogens is 3. The molecule has 0 bridgehead atoms. The van der Waals surface area contributed by atoms with Crippen molar-refractivity contribution >= 4 is 46.2 Å². The summed E-state index contributed by atoms with van der Waals surface area (Å²) < 4.78 is 0. The minimum absolute atomic E-state index is 0.245. The summed E-state index contributed by atoms with van der Waals surface area (Å²) in [5.74, 6) is 0.298. The van der Waals surface area contributed by atoms with Gasteiger partial charge in [-0.3, -0.25) is 4.79 Å². The lowest BCUT2D eigenvalue weighted by Gasteiger charge is -2.05. The first-order valence-corrected chi connectivity index (χ1v) is 10.9. The van der Waals surface area contributed by atoms with Gasteiger partial charge in [-0.15, -0.1) is 21.5 Å². The standard InChI is InChI=1S/C21H17ClN6OS2/c1-12(27-13(2)29)9-14(7-8-23)18-17(10-24)19(20(31-18)21-25-11-26-28-21)30-16-5-3-15(22)4-6-16/h3-9,11H,1,23H2,2H3,(H,27,29)(H,25,26,28)/b8-7-,14-9+. The fourth-order valence-corrected chi connectivity index (χ4v) is 5.13. The number of H-pyrrole nitrogens is 1. The lowest BCUT2D eigenvalue weighted by atomic mass is 10.1. The number of allylic oxidation sites excluding steroid dienone is 3. The summed E-state index contributed by atoms with van der Waals surface area (Å²) >= 11 is 8.80. The van der Waals surface area contributed by atoms with Gasteiger partial charge in [0.25, 0.3) is 0 Å². The van der Waals surface area contributed by atoms with Crippen molar-refractivity contribution in [2.24, 2.45) is 5.73 Å². The Hall–Kier alpha value is -3.32. The summed E-state index contributed by atoms with van der Waals surface area (Å²) in [6, 6.07) is 9.64. The zero-order valence-corrected chi connectivity index (χ0v) is 18.7. The van der Waals surface area contributed by atoms with Crippen molar-refractivity contribution in [3.8, 4) is 16.8 Å². The van der Waals surface area contributed by atoms with Crippen LogP contribution < -0.4 is 11.1 Å². The number of amides is 1. The van der Waals surface area contributed by atoms with Crippen LogP contribution in [0.15, 0.2) is 71.0 Å². The van der Waals surface area contributed by atoms with Gasteiger partial charge in [0.1, 0.15) is 12.4 Å². The smallest absolute Gasteiger partial charge is 0.221 e. The number of hydrogen-bond donors (Lipinski definition) is 3. The highest BCUT2D eigenvalue weighted by molar-refractivity contribution is 7.99. The van der Waals surface area contributed by atoms with Crippen LogP contribution in [0.5, 0.6) is 0 Å². The normalized spacial score (nSPS) is 11.5. The molecule has 3 aromatic rings. The summed E-state index contributed by atoms with van der Waals surface area (Å²) in [4.78, 5) is 17.4. The second-order valence-electron chi connectivity index (χ2n) is 6.13. The molecule has 7 nitrogen and oxygen atoms in total. The second kappa shape index (κ2) is 10.1. The lowest BCUT2D eigenvalue weighted by molar-refractivity contribution is -0.118. The Bertz CT molecular complexity index is 1200. The maximum atomic E-state index is 11.4. The van der Waals surface area contributed by atoms with Gasteiger partial charge in [0, 0.05) is 22.5 Å². The number of nitrogens with two attached hydrogens (primary N) is 1. The third kappa shape index (κ3) is 5.44. The van der Waals surface area contributed by atoms with Gasteiger partial charge >= 0.3 is 0 Å². The van der Waals surface area contributed by atoms with Crippen molar-refractivity contribution in [2.45, 2.75) is 16.7 Å². The fourth-order valence-electron chi connectivity index (χ4n) is 2.65. The van der Waals surface area contributed by atoms with Gasteiger partial charge in [-0.2, -0.15) is 5.26 Å². The van der Waals surface area contributed by atoms with E-state index in [1.807, 2.05) is 12.1 Å². The molecule has 3 rings (SSSR count). The molecule has 0 fully saturated rings. The second-order valence-corrected chi connectivity index (χ2v) is 8.68. The number of aromatic amines is 1. The number of rotatable bonds is 7. The predicted octanol–water partition coefficient (Wildman–Crippen LogP) is 4.72. The first-order valence-electron chi connectivity index (χ1n) is 8.86. The molecular formula is C21H17ClN6OS2. The molecule has 0 atom stereocenters. The summed E-state index contributed by atoms with van der Waals surface area (Å²) in [5.41, 5.74) is 7.12. The summed E-state index contributed by atoms with van der Waals surface area (Å²) in [6.45, 7) is 5.24. The van der Waals surface area contributed by atoms with Crippen LogP contribution in [0.2, 0.25) is 5.02 Å². The zero-order valence-electron chi connectivity index (χ0n) is 16.3. The molecule has 1 amide bonds. The Labute approximate surface area is 192 Å². The molecule has 0 aliphatic heterocycles. The Kier molecular flexibility index (Phi) is 7.31. The minimum atomic E-state index is -0.245. The van der Waals surface area contributed by atoms with E-state index in [0.717, 1.165) is 14.7 Å². The van der Waals surface area contributed by atoms with Gasteiger partial charge in [0.15, 0.2) is 5.82 Å². The molecule has 0 spiro atoms. The summed E-state index contributed by atoms with van der Waals surface area (Å²) in [7, 11) is 0. The van der Waals surface area contributed by atoms with Crippen molar-refractivity contribution in [2.75, 3.05) is 0 Å². The van der Waals surface area contributed by atoms with E-state index in [9.17, 15) is 10.1 Å². The molecule has 0 saturated carbocycles. The van der Waals surface area contributed by atoms with Gasteiger partial charge in [-0.05, 0) is 48.2 Å². The molecule has 0 aliphatic rings. The molecule has 31 heavy (non-hydrogen) atoms. The minimum Gasteiger partial charge on any atom is -0.405 e. The van der Waals surface area contributed by atoms with Crippen molar-refractivity contribution in [1.82, 2.24) is 20.5 Å². The van der Waals surface area contributed by atoms with Crippen LogP contribution in [0.1, 0.15) is 17.4 Å². The van der Waals surface area contributed by atoms with Crippen molar-refractivity contribution in [1.29, 1.82) is 5.26 Å². The van der Waals surface area contributed by atoms with E-state index in [4.69, 9.17) is 17.3 Å². The Balaban J connectivity index is 2.17. The molecule has 2 heterocycles. The SMILES string of the molecule is C=C(/C=C(\C=C/N)c1sc(-c2nnc[nH]2)c(Sc2ccc(Cl)cc2)c1C#N)NC(C)=O. The van der Waals surface area contributed by atoms with E-state index in [-0.39, 0.29) is 5.91 Å². The highest BCUT2D eigenvalue weighted by atomic mass is 35.5. The molecule has 0 unspecified atom stereocenters. The number of thiophene rings is 1. The molecule has 1 aromatic carbocycles. The van der Waals surface area contributed by atoms with Crippen LogP contribution in [-0.4, -0.2) is 21.1 Å². The number of carbonyl (C=O) groups is 1. The lowest BCUT2D eigenvalue weighted by Crippen LogP contribution is -2.17. The molecule has 4 N–H and O–H groups in total.